The van der Waals surface area contributed by atoms with Gasteiger partial charge in [0.2, 0.25) is 11.8 Å². The Kier molecular flexibility index (Phi) is 10.1. The van der Waals surface area contributed by atoms with Gasteiger partial charge in [-0.25, -0.2) is 8.70 Å². The Morgan fingerprint density at radius 2 is 1.66 bits per heavy atom. The third kappa shape index (κ3) is 7.39. The number of nitrogens with zero attached hydrogens (tertiary/aromatic N) is 3. The van der Waals surface area contributed by atoms with Crippen molar-refractivity contribution < 1.29 is 22.4 Å². The first-order valence-electron chi connectivity index (χ1n) is 11.2. The number of carbonyl (C=O) groups is 2. The summed E-state index contributed by atoms with van der Waals surface area (Å²) in [6.45, 7) is 4.75. The fourth-order valence-electron chi connectivity index (χ4n) is 3.18. The molecule has 0 radical (unpaired) electrons. The molecule has 0 spiro atoms. The summed E-state index contributed by atoms with van der Waals surface area (Å²) < 4.78 is 41.5. The number of halogens is 2. The van der Waals surface area contributed by atoms with Crippen molar-refractivity contribution in [2.24, 2.45) is 0 Å². The summed E-state index contributed by atoms with van der Waals surface area (Å²) in [5.74, 6) is -1.53. The number of anilines is 1. The van der Waals surface area contributed by atoms with Gasteiger partial charge < -0.3 is 10.2 Å². The van der Waals surface area contributed by atoms with Crippen molar-refractivity contribution in [3.8, 4) is 0 Å². The summed E-state index contributed by atoms with van der Waals surface area (Å²) in [4.78, 5) is 27.8. The minimum absolute atomic E-state index is 0.00707. The first-order chi connectivity index (χ1) is 16.4. The minimum Gasteiger partial charge on any atom is -0.352 e. The molecule has 11 heteroatoms. The van der Waals surface area contributed by atoms with E-state index in [0.717, 1.165) is 20.7 Å². The van der Waals surface area contributed by atoms with E-state index < -0.39 is 34.5 Å². The van der Waals surface area contributed by atoms with Crippen molar-refractivity contribution in [1.82, 2.24) is 14.5 Å². The van der Waals surface area contributed by atoms with Crippen LogP contribution in [0.1, 0.15) is 32.8 Å². The van der Waals surface area contributed by atoms with Crippen LogP contribution in [0.5, 0.6) is 0 Å². The fourth-order valence-corrected chi connectivity index (χ4v) is 4.43. The van der Waals surface area contributed by atoms with Gasteiger partial charge in [0, 0.05) is 31.7 Å². The third-order valence-corrected chi connectivity index (χ3v) is 7.79. The summed E-state index contributed by atoms with van der Waals surface area (Å²) in [7, 11) is -1.45. The summed E-state index contributed by atoms with van der Waals surface area (Å²) >= 11 is 6.31. The predicted octanol–water partition coefficient (Wildman–Crippen LogP) is 3.42. The first kappa shape index (κ1) is 28.5. The minimum atomic E-state index is -4.11. The normalized spacial score (nSPS) is 13.3. The number of benzene rings is 2. The molecule has 0 aliphatic rings. The van der Waals surface area contributed by atoms with E-state index in [1.807, 2.05) is 13.8 Å². The van der Waals surface area contributed by atoms with Crippen molar-refractivity contribution >= 4 is 39.3 Å². The number of nitrogens with one attached hydrogen (secondary N) is 1. The molecule has 35 heavy (non-hydrogen) atoms. The molecule has 0 saturated heterocycles. The van der Waals surface area contributed by atoms with Crippen molar-refractivity contribution in [3.05, 3.63) is 64.9 Å². The van der Waals surface area contributed by atoms with Gasteiger partial charge in [0.25, 0.3) is 0 Å². The Morgan fingerprint density at radius 3 is 2.20 bits per heavy atom. The van der Waals surface area contributed by atoms with Gasteiger partial charge in [0.05, 0.1) is 5.69 Å². The molecule has 8 nitrogen and oxygen atoms in total. The van der Waals surface area contributed by atoms with Gasteiger partial charge in [0.1, 0.15) is 18.4 Å². The Hall–Kier alpha value is -2.69. The van der Waals surface area contributed by atoms with E-state index in [2.05, 4.69) is 5.32 Å². The quantitative estimate of drug-likeness (QED) is 0.486. The monoisotopic (exact) mass is 526 g/mol. The van der Waals surface area contributed by atoms with Gasteiger partial charge in [-0.3, -0.25) is 9.59 Å². The summed E-state index contributed by atoms with van der Waals surface area (Å²) in [5.41, 5.74) is 0.720. The highest BCUT2D eigenvalue weighted by molar-refractivity contribution is 7.90. The molecule has 1 N–H and O–H groups in total. The van der Waals surface area contributed by atoms with E-state index >= 15 is 0 Å². The molecule has 2 rings (SSSR count). The van der Waals surface area contributed by atoms with Gasteiger partial charge in [-0.1, -0.05) is 36.7 Å². The zero-order valence-corrected chi connectivity index (χ0v) is 22.1. The van der Waals surface area contributed by atoms with E-state index in [4.69, 9.17) is 11.6 Å². The van der Waals surface area contributed by atoms with E-state index in [0.29, 0.717) is 17.0 Å². The van der Waals surface area contributed by atoms with Crippen molar-refractivity contribution in [2.45, 2.75) is 45.8 Å². The van der Waals surface area contributed by atoms with E-state index in [-0.39, 0.29) is 24.2 Å². The summed E-state index contributed by atoms with van der Waals surface area (Å²) in [5, 5.41) is 3.27. The van der Waals surface area contributed by atoms with Gasteiger partial charge >= 0.3 is 10.2 Å². The lowest BCUT2D eigenvalue weighted by molar-refractivity contribution is -0.139. The topological polar surface area (TPSA) is 90.0 Å². The largest absolute Gasteiger partial charge is 0.352 e. The molecule has 0 bridgehead atoms. The first-order valence-corrected chi connectivity index (χ1v) is 12.9. The van der Waals surface area contributed by atoms with Crippen molar-refractivity contribution in [3.63, 3.8) is 0 Å². The van der Waals surface area contributed by atoms with Crippen LogP contribution in [0.25, 0.3) is 0 Å². The average molecular weight is 527 g/mol. The lowest BCUT2D eigenvalue weighted by atomic mass is 10.1. The molecule has 0 aliphatic heterocycles. The van der Waals surface area contributed by atoms with Gasteiger partial charge in [-0.15, -0.1) is 0 Å². The van der Waals surface area contributed by atoms with Crippen LogP contribution >= 0.6 is 11.6 Å². The van der Waals surface area contributed by atoms with E-state index in [9.17, 15) is 22.4 Å². The fraction of sp³-hybridized carbons (Fsp3) is 0.417. The highest BCUT2D eigenvalue weighted by atomic mass is 35.5. The second kappa shape index (κ2) is 12.3. The van der Waals surface area contributed by atoms with Crippen molar-refractivity contribution in [1.29, 1.82) is 0 Å². The average Bonchev–Trinajstić information content (AvgIpc) is 2.81. The van der Waals surface area contributed by atoms with Gasteiger partial charge in [0.15, 0.2) is 0 Å². The smallest absolute Gasteiger partial charge is 0.304 e. The lowest BCUT2D eigenvalue weighted by Gasteiger charge is -2.33. The highest BCUT2D eigenvalue weighted by Gasteiger charge is 2.33. The number of hydrogen-bond donors (Lipinski definition) is 1. The van der Waals surface area contributed by atoms with Crippen LogP contribution in [-0.4, -0.2) is 62.2 Å². The van der Waals surface area contributed by atoms with Crippen LogP contribution in [0.3, 0.4) is 0 Å². The molecule has 0 unspecified atom stereocenters. The molecule has 0 fully saturated rings. The van der Waals surface area contributed by atoms with Crippen LogP contribution < -0.4 is 9.62 Å². The lowest BCUT2D eigenvalue weighted by Crippen LogP contribution is -2.53. The van der Waals surface area contributed by atoms with Crippen LogP contribution in [0, 0.1) is 5.82 Å². The molecule has 2 aromatic rings. The number of amides is 2. The Bertz CT molecular complexity index is 1130. The zero-order chi connectivity index (χ0) is 26.3. The summed E-state index contributed by atoms with van der Waals surface area (Å²) in [6, 6.07) is 10.7. The van der Waals surface area contributed by atoms with Crippen LogP contribution in [0.15, 0.2) is 48.5 Å². The third-order valence-electron chi connectivity index (χ3n) is 5.60. The van der Waals surface area contributed by atoms with Crippen LogP contribution in [0.2, 0.25) is 5.02 Å². The predicted molar refractivity (Wildman–Crippen MR) is 136 cm³/mol. The molecule has 2 amide bonds. The van der Waals surface area contributed by atoms with E-state index in [1.165, 1.54) is 31.1 Å². The molecule has 0 heterocycles. The molecule has 0 saturated carbocycles. The van der Waals surface area contributed by atoms with Crippen LogP contribution in [-0.2, 0) is 26.3 Å². The maximum absolute atomic E-state index is 13.6. The van der Waals surface area contributed by atoms with Crippen LogP contribution in [0.4, 0.5) is 10.1 Å². The van der Waals surface area contributed by atoms with Crippen molar-refractivity contribution in [2.75, 3.05) is 24.9 Å². The number of rotatable bonds is 11. The molecule has 192 valence electrons. The SMILES string of the molecule is CC[C@H](C)NC(=O)[C@@H](C)N(Cc1ccccc1Cl)C(=O)CN(c1ccc(F)cc1)S(=O)(=O)N(C)C. The highest BCUT2D eigenvalue weighted by Crippen LogP contribution is 2.23. The standard InChI is InChI=1S/C24H32ClFN4O4S/c1-6-17(2)27-24(32)18(3)29(15-19-9-7-8-10-22(19)25)23(31)16-30(35(33,34)28(4)5)21-13-11-20(26)12-14-21/h7-14,17-18H,6,15-16H2,1-5H3,(H,27,32)/t17-,18+/m0/s1. The zero-order valence-electron chi connectivity index (χ0n) is 20.5. The molecule has 2 atom stereocenters. The van der Waals surface area contributed by atoms with Gasteiger partial charge in [-0.05, 0) is 56.2 Å². The van der Waals surface area contributed by atoms with E-state index in [1.54, 1.807) is 31.2 Å². The number of carbonyl (C=O) groups excluding carboxylic acids is 2. The molecule has 2 aromatic carbocycles. The molecular weight excluding hydrogens is 495 g/mol. The number of hydrogen-bond acceptors (Lipinski definition) is 4. The van der Waals surface area contributed by atoms with Gasteiger partial charge in [-0.2, -0.15) is 12.7 Å². The summed E-state index contributed by atoms with van der Waals surface area (Å²) in [6.07, 6.45) is 0.705. The Balaban J connectivity index is 2.46. The molecule has 0 aromatic heterocycles. The second-order valence-corrected chi connectivity index (χ2v) is 10.9. The maximum Gasteiger partial charge on any atom is 0.304 e. The molecular formula is C24H32ClFN4O4S. The maximum atomic E-state index is 13.6. The second-order valence-electron chi connectivity index (χ2n) is 8.38. The Morgan fingerprint density at radius 1 is 1.06 bits per heavy atom. The molecule has 0 aliphatic carbocycles. The Labute approximate surface area is 211 Å².